The minimum Gasteiger partial charge on any atom is -0.744 e. The molecule has 0 saturated carbocycles. The number of unbranched alkanes of at least 4 members (excludes halogenated alkanes) is 16. The predicted octanol–water partition coefficient (Wildman–Crippen LogP) is 6.86. The normalized spacial score (nSPS) is 11.6. The maximum absolute atomic E-state index is 12.9. The van der Waals surface area contributed by atoms with E-state index in [9.17, 15) is 22.6 Å². The maximum Gasteiger partial charge on any atom is 1.00 e. The Bertz CT molecular complexity index is 1080. The van der Waals surface area contributed by atoms with E-state index in [1.165, 1.54) is 76.3 Å². The Morgan fingerprint density at radius 3 is 1.44 bits per heavy atom. The van der Waals surface area contributed by atoms with Gasteiger partial charge >= 0.3 is 41.5 Å². The topological polar surface area (TPSA) is 110 Å². The van der Waals surface area contributed by atoms with Gasteiger partial charge in [0.1, 0.15) is 10.1 Å². The van der Waals surface area contributed by atoms with Crippen LogP contribution in [0, 0.1) is 0 Å². The number of allylic oxidation sites excluding steroid dienone is 4. The molecule has 0 amide bonds. The van der Waals surface area contributed by atoms with Gasteiger partial charge in [-0.05, 0) is 89.2 Å². The molecule has 0 atom stereocenters. The Morgan fingerprint density at radius 2 is 1.02 bits per heavy atom. The van der Waals surface area contributed by atoms with Gasteiger partial charge in [0.15, 0.2) is 0 Å². The van der Waals surface area contributed by atoms with Crippen LogP contribution in [0.15, 0.2) is 47.4 Å². The zero-order valence-corrected chi connectivity index (χ0v) is 31.2. The van der Waals surface area contributed by atoms with Crippen LogP contribution in [0.25, 0.3) is 0 Å². The molecule has 9 heteroatoms. The Hall–Kier alpha value is -1.45. The molecule has 1 rings (SSSR count). The van der Waals surface area contributed by atoms with Crippen molar-refractivity contribution in [2.24, 2.45) is 0 Å². The van der Waals surface area contributed by atoms with E-state index >= 15 is 0 Å². The maximum atomic E-state index is 12.9. The third kappa shape index (κ3) is 21.9. The van der Waals surface area contributed by atoms with Gasteiger partial charge in [0.05, 0.1) is 29.2 Å². The van der Waals surface area contributed by atoms with Crippen LogP contribution in [0.1, 0.15) is 163 Å². The monoisotopic (exact) mass is 656 g/mol. The number of ether oxygens (including phenoxy) is 2. The molecule has 0 aliphatic carbocycles. The third-order valence-electron chi connectivity index (χ3n) is 7.50. The molecule has 250 valence electrons. The van der Waals surface area contributed by atoms with Crippen LogP contribution >= 0.6 is 0 Å². The second-order valence-corrected chi connectivity index (χ2v) is 12.8. The summed E-state index contributed by atoms with van der Waals surface area (Å²) in [4.78, 5) is 24.9. The van der Waals surface area contributed by atoms with Crippen molar-refractivity contribution in [1.82, 2.24) is 0 Å². The van der Waals surface area contributed by atoms with E-state index in [-0.39, 0.29) is 48.3 Å². The van der Waals surface area contributed by atoms with Gasteiger partial charge in [-0.3, -0.25) is 0 Å². The summed E-state index contributed by atoms with van der Waals surface area (Å²) in [7, 11) is -5.01. The molecule has 0 aliphatic rings. The van der Waals surface area contributed by atoms with Crippen LogP contribution in [-0.4, -0.2) is 38.1 Å². The minimum atomic E-state index is -5.01. The fraction of sp³-hybridized carbons (Fsp3) is 0.667. The number of carbonyl (C=O) groups excluding carboxylic acids is 2. The SMILES string of the molecule is CCCCCCC/C=C/CCCCCOC(=O)c1cccc(S(=O)(=O)[O-])c1C(=O)OCCCCC/C=C/CCCCCCC.[Na+]. The Labute approximate surface area is 296 Å². The average molecular weight is 657 g/mol. The number of hydrogen-bond acceptors (Lipinski definition) is 7. The molecule has 0 aliphatic heterocycles. The van der Waals surface area contributed by atoms with Crippen molar-refractivity contribution in [2.45, 2.75) is 147 Å². The Balaban J connectivity index is 0.0000194. The third-order valence-corrected chi connectivity index (χ3v) is 8.38. The molecule has 7 nitrogen and oxygen atoms in total. The van der Waals surface area contributed by atoms with E-state index in [1.54, 1.807) is 0 Å². The molecule has 45 heavy (non-hydrogen) atoms. The van der Waals surface area contributed by atoms with Gasteiger partial charge in [0.2, 0.25) is 0 Å². The molecule has 0 fully saturated rings. The van der Waals surface area contributed by atoms with E-state index in [2.05, 4.69) is 38.2 Å². The van der Waals surface area contributed by atoms with E-state index in [0.717, 1.165) is 57.4 Å². The molecule has 0 heterocycles. The van der Waals surface area contributed by atoms with Gasteiger partial charge in [-0.2, -0.15) is 0 Å². The minimum absolute atomic E-state index is 0. The van der Waals surface area contributed by atoms with Crippen LogP contribution in [0.4, 0.5) is 0 Å². The molecule has 1 aromatic carbocycles. The Morgan fingerprint density at radius 1 is 0.622 bits per heavy atom. The van der Waals surface area contributed by atoms with Crippen LogP contribution in [0.5, 0.6) is 0 Å². The van der Waals surface area contributed by atoms with Crippen LogP contribution in [0.2, 0.25) is 0 Å². The average Bonchev–Trinajstić information content (AvgIpc) is 3.00. The largest absolute Gasteiger partial charge is 1.00 e. The van der Waals surface area contributed by atoms with Crippen molar-refractivity contribution in [3.8, 4) is 0 Å². The summed E-state index contributed by atoms with van der Waals surface area (Å²) in [5, 5.41) is 0. The molecule has 1 aromatic rings. The van der Waals surface area contributed by atoms with Gasteiger partial charge in [-0.15, -0.1) is 0 Å². The first-order valence-electron chi connectivity index (χ1n) is 17.1. The number of benzene rings is 1. The molecular weight excluding hydrogens is 599 g/mol. The van der Waals surface area contributed by atoms with E-state index in [0.29, 0.717) is 12.8 Å². The standard InChI is InChI=1S/C36H58O7S.Na/c1-3-5-7-9-11-13-15-17-19-21-23-25-30-42-35(37)32-28-27-29-33(44(39,40)41)34(32)36(38)43-31-26-24-22-20-18-16-14-12-10-8-6-4-2;/h15-18,27-29H,3-14,19-26,30-31H2,1-2H3,(H,39,40,41);/q;+1/p-1/b17-15+,18-16+;. The zero-order chi connectivity index (χ0) is 32.3. The van der Waals surface area contributed by atoms with Crippen molar-refractivity contribution in [2.75, 3.05) is 13.2 Å². The molecule has 0 spiro atoms. The fourth-order valence-corrected chi connectivity index (χ4v) is 5.57. The smallest absolute Gasteiger partial charge is 0.744 e. The quantitative estimate of drug-likeness (QED) is 0.0335. The second-order valence-electron chi connectivity index (χ2n) is 11.5. The number of carbonyl (C=O) groups is 2. The van der Waals surface area contributed by atoms with Crippen molar-refractivity contribution in [1.29, 1.82) is 0 Å². The number of rotatable bonds is 27. The first-order valence-corrected chi connectivity index (χ1v) is 18.5. The second kappa shape index (κ2) is 28.7. The molecule has 0 aromatic heterocycles. The van der Waals surface area contributed by atoms with E-state index < -0.39 is 32.5 Å². The summed E-state index contributed by atoms with van der Waals surface area (Å²) in [6.07, 6.45) is 30.6. The van der Waals surface area contributed by atoms with Crippen molar-refractivity contribution in [3.05, 3.63) is 53.6 Å². The van der Waals surface area contributed by atoms with Crippen LogP contribution in [0.3, 0.4) is 0 Å². The molecule has 0 unspecified atom stereocenters. The fourth-order valence-electron chi connectivity index (χ4n) is 4.88. The molecular formula is C36H57NaO7S. The van der Waals surface area contributed by atoms with Crippen molar-refractivity contribution in [3.63, 3.8) is 0 Å². The van der Waals surface area contributed by atoms with Crippen LogP contribution in [-0.2, 0) is 19.6 Å². The van der Waals surface area contributed by atoms with Gasteiger partial charge in [-0.1, -0.05) is 95.6 Å². The Kier molecular flexibility index (Phi) is 27.8. The van der Waals surface area contributed by atoms with E-state index in [4.69, 9.17) is 9.47 Å². The summed E-state index contributed by atoms with van der Waals surface area (Å²) in [6.45, 7) is 4.63. The summed E-state index contributed by atoms with van der Waals surface area (Å²) >= 11 is 0. The van der Waals surface area contributed by atoms with Gasteiger partial charge in [0, 0.05) is 0 Å². The van der Waals surface area contributed by atoms with Gasteiger partial charge in [0.25, 0.3) is 0 Å². The number of hydrogen-bond donors (Lipinski definition) is 0. The first kappa shape index (κ1) is 43.5. The summed E-state index contributed by atoms with van der Waals surface area (Å²) in [5.74, 6) is -1.85. The summed E-state index contributed by atoms with van der Waals surface area (Å²) in [6, 6.07) is 3.56. The van der Waals surface area contributed by atoms with E-state index in [1.807, 2.05) is 0 Å². The van der Waals surface area contributed by atoms with Crippen molar-refractivity contribution < 1.29 is 61.6 Å². The molecule has 0 N–H and O–H groups in total. The zero-order valence-electron chi connectivity index (χ0n) is 28.4. The molecule has 0 saturated heterocycles. The summed E-state index contributed by atoms with van der Waals surface area (Å²) in [5.41, 5.74) is -0.817. The molecule has 0 radical (unpaired) electrons. The van der Waals surface area contributed by atoms with Crippen LogP contribution < -0.4 is 29.6 Å². The first-order chi connectivity index (χ1) is 21.3. The van der Waals surface area contributed by atoms with Gasteiger partial charge in [-0.25, -0.2) is 18.0 Å². The number of esters is 2. The predicted molar refractivity (Wildman–Crippen MR) is 177 cm³/mol. The summed E-state index contributed by atoms with van der Waals surface area (Å²) < 4.78 is 46.3. The van der Waals surface area contributed by atoms with Gasteiger partial charge < -0.3 is 14.0 Å². The molecule has 0 bridgehead atoms. The van der Waals surface area contributed by atoms with Crippen molar-refractivity contribution >= 4 is 22.1 Å².